The maximum absolute atomic E-state index is 13.2. The highest BCUT2D eigenvalue weighted by Gasteiger charge is 2.47. The molecule has 2 atom stereocenters. The molecular formula is C10H17ClF2N2O2. The summed E-state index contributed by atoms with van der Waals surface area (Å²) < 4.78 is 26.3. The molecule has 0 aromatic carbocycles. The van der Waals surface area contributed by atoms with Crippen molar-refractivity contribution < 1.29 is 18.7 Å². The number of aliphatic hydroxyl groups excluding tert-OH is 1. The minimum atomic E-state index is -2.85. The van der Waals surface area contributed by atoms with Gasteiger partial charge >= 0.3 is 0 Å². The molecule has 2 fully saturated rings. The summed E-state index contributed by atoms with van der Waals surface area (Å²) in [5, 5.41) is 12.1. The Kier molecular flexibility index (Phi) is 4.69. The van der Waals surface area contributed by atoms with Gasteiger partial charge in [-0.2, -0.15) is 0 Å². The van der Waals surface area contributed by atoms with E-state index in [2.05, 4.69) is 5.32 Å². The van der Waals surface area contributed by atoms with Crippen molar-refractivity contribution in [3.05, 3.63) is 0 Å². The Morgan fingerprint density at radius 3 is 2.76 bits per heavy atom. The smallest absolute Gasteiger partial charge is 0.267 e. The number of hydrogen-bond acceptors (Lipinski definition) is 3. The molecular weight excluding hydrogens is 254 g/mol. The van der Waals surface area contributed by atoms with E-state index in [0.29, 0.717) is 13.0 Å². The summed E-state index contributed by atoms with van der Waals surface area (Å²) >= 11 is 0. The molecule has 2 rings (SSSR count). The molecule has 0 aliphatic carbocycles. The van der Waals surface area contributed by atoms with Gasteiger partial charge in [-0.15, -0.1) is 12.4 Å². The Balaban J connectivity index is 0.00000144. The van der Waals surface area contributed by atoms with Gasteiger partial charge in [-0.3, -0.25) is 4.79 Å². The largest absolute Gasteiger partial charge is 0.394 e. The van der Waals surface area contributed by atoms with Crippen molar-refractivity contribution in [2.75, 3.05) is 26.2 Å². The fraction of sp³-hybridized carbons (Fsp3) is 0.900. The second kappa shape index (κ2) is 5.46. The lowest BCUT2D eigenvalue weighted by atomic mass is 10.1. The van der Waals surface area contributed by atoms with E-state index in [9.17, 15) is 13.6 Å². The highest BCUT2D eigenvalue weighted by Crippen LogP contribution is 2.33. The number of nitrogens with one attached hydrogen (secondary N) is 1. The molecule has 0 radical (unpaired) electrons. The quantitative estimate of drug-likeness (QED) is 0.756. The zero-order chi connectivity index (χ0) is 11.8. The zero-order valence-corrected chi connectivity index (χ0v) is 10.2. The van der Waals surface area contributed by atoms with Crippen molar-refractivity contribution in [3.63, 3.8) is 0 Å². The summed E-state index contributed by atoms with van der Waals surface area (Å²) in [7, 11) is 0. The molecule has 1 amide bonds. The third-order valence-corrected chi connectivity index (χ3v) is 3.28. The van der Waals surface area contributed by atoms with Crippen LogP contribution in [0.3, 0.4) is 0 Å². The molecule has 2 aliphatic heterocycles. The molecule has 0 spiro atoms. The number of alkyl halides is 2. The van der Waals surface area contributed by atoms with Gasteiger partial charge in [-0.05, 0) is 13.0 Å². The monoisotopic (exact) mass is 270 g/mol. The Hall–Kier alpha value is -0.460. The van der Waals surface area contributed by atoms with Crippen molar-refractivity contribution >= 4 is 18.3 Å². The fourth-order valence-electron chi connectivity index (χ4n) is 2.42. The van der Waals surface area contributed by atoms with E-state index in [4.69, 9.17) is 5.11 Å². The number of nitrogens with zero attached hydrogens (tertiary/aromatic N) is 1. The standard InChI is InChI=1S/C10H16F2N2O2.ClH/c11-10(12)3-8(5-15)14(6-10)9(16)7-1-2-13-4-7;/h7-8,13,15H,1-6H2;1H. The average Bonchev–Trinajstić information content (AvgIpc) is 2.83. The normalized spacial score (nSPS) is 31.4. The Bertz CT molecular complexity index is 285. The molecule has 17 heavy (non-hydrogen) atoms. The van der Waals surface area contributed by atoms with Gasteiger partial charge in [0.15, 0.2) is 0 Å². The fourth-order valence-corrected chi connectivity index (χ4v) is 2.42. The first kappa shape index (κ1) is 14.6. The predicted octanol–water partition coefficient (Wildman–Crippen LogP) is 0.246. The number of halogens is 3. The highest BCUT2D eigenvalue weighted by atomic mass is 35.5. The molecule has 2 aliphatic rings. The van der Waals surface area contributed by atoms with E-state index in [1.54, 1.807) is 0 Å². The van der Waals surface area contributed by atoms with E-state index in [-0.39, 0.29) is 30.8 Å². The van der Waals surface area contributed by atoms with Crippen LogP contribution in [0.5, 0.6) is 0 Å². The summed E-state index contributed by atoms with van der Waals surface area (Å²) in [5.41, 5.74) is 0. The summed E-state index contributed by atoms with van der Waals surface area (Å²) in [4.78, 5) is 13.1. The average molecular weight is 271 g/mol. The molecule has 0 aromatic heterocycles. The van der Waals surface area contributed by atoms with Crippen LogP contribution in [0.2, 0.25) is 0 Å². The molecule has 0 bridgehead atoms. The van der Waals surface area contributed by atoms with Crippen molar-refractivity contribution in [1.82, 2.24) is 10.2 Å². The number of hydrogen-bond donors (Lipinski definition) is 2. The van der Waals surface area contributed by atoms with E-state index in [1.165, 1.54) is 0 Å². The van der Waals surface area contributed by atoms with Gasteiger partial charge in [-0.1, -0.05) is 0 Å². The maximum Gasteiger partial charge on any atom is 0.267 e. The summed E-state index contributed by atoms with van der Waals surface area (Å²) in [6.45, 7) is 0.374. The van der Waals surface area contributed by atoms with Crippen molar-refractivity contribution in [2.45, 2.75) is 24.8 Å². The minimum Gasteiger partial charge on any atom is -0.394 e. The lowest BCUT2D eigenvalue weighted by Crippen LogP contribution is -2.42. The van der Waals surface area contributed by atoms with Crippen LogP contribution in [0, 0.1) is 5.92 Å². The second-order valence-electron chi connectivity index (χ2n) is 4.55. The number of likely N-dealkylation sites (tertiary alicyclic amines) is 1. The maximum atomic E-state index is 13.2. The van der Waals surface area contributed by atoms with Crippen LogP contribution in [0.15, 0.2) is 0 Å². The van der Waals surface area contributed by atoms with Crippen molar-refractivity contribution in [1.29, 1.82) is 0 Å². The van der Waals surface area contributed by atoms with Gasteiger partial charge in [0.1, 0.15) is 0 Å². The van der Waals surface area contributed by atoms with Crippen LogP contribution >= 0.6 is 12.4 Å². The molecule has 2 heterocycles. The van der Waals surface area contributed by atoms with Crippen LogP contribution in [-0.2, 0) is 4.79 Å². The Morgan fingerprint density at radius 1 is 1.53 bits per heavy atom. The third-order valence-electron chi connectivity index (χ3n) is 3.28. The predicted molar refractivity (Wildman–Crippen MR) is 60.4 cm³/mol. The first-order valence-corrected chi connectivity index (χ1v) is 5.53. The molecule has 0 aromatic rings. The number of carbonyl (C=O) groups excluding carboxylic acids is 1. The first-order valence-electron chi connectivity index (χ1n) is 5.53. The lowest BCUT2D eigenvalue weighted by molar-refractivity contribution is -0.137. The topological polar surface area (TPSA) is 52.6 Å². The van der Waals surface area contributed by atoms with Crippen LogP contribution in [-0.4, -0.2) is 54.1 Å². The van der Waals surface area contributed by atoms with Gasteiger partial charge in [0, 0.05) is 13.0 Å². The number of rotatable bonds is 2. The summed E-state index contributed by atoms with van der Waals surface area (Å²) in [6, 6.07) is -0.719. The number of carbonyl (C=O) groups is 1. The van der Waals surface area contributed by atoms with Gasteiger partial charge in [-0.25, -0.2) is 8.78 Å². The molecule has 2 N–H and O–H groups in total. The van der Waals surface area contributed by atoms with E-state index >= 15 is 0 Å². The number of aliphatic hydroxyl groups is 1. The summed E-state index contributed by atoms with van der Waals surface area (Å²) in [5.74, 6) is -3.31. The van der Waals surface area contributed by atoms with E-state index in [0.717, 1.165) is 11.4 Å². The lowest BCUT2D eigenvalue weighted by Gasteiger charge is -2.25. The van der Waals surface area contributed by atoms with Gasteiger partial charge < -0.3 is 15.3 Å². The van der Waals surface area contributed by atoms with Gasteiger partial charge in [0.2, 0.25) is 5.91 Å². The summed E-state index contributed by atoms with van der Waals surface area (Å²) in [6.07, 6.45) is 0.272. The van der Waals surface area contributed by atoms with Crippen molar-refractivity contribution in [3.8, 4) is 0 Å². The molecule has 2 saturated heterocycles. The SMILES string of the molecule is Cl.O=C(C1CCNC1)N1CC(F)(F)CC1CO. The molecule has 100 valence electrons. The molecule has 2 unspecified atom stereocenters. The Morgan fingerprint density at radius 2 is 2.24 bits per heavy atom. The van der Waals surface area contributed by atoms with Crippen molar-refractivity contribution in [2.24, 2.45) is 5.92 Å². The van der Waals surface area contributed by atoms with Gasteiger partial charge in [0.25, 0.3) is 5.92 Å². The van der Waals surface area contributed by atoms with E-state index < -0.39 is 24.9 Å². The van der Waals surface area contributed by atoms with Crippen LogP contribution in [0.25, 0.3) is 0 Å². The zero-order valence-electron chi connectivity index (χ0n) is 9.36. The van der Waals surface area contributed by atoms with Crippen LogP contribution in [0.4, 0.5) is 8.78 Å². The van der Waals surface area contributed by atoms with Crippen LogP contribution < -0.4 is 5.32 Å². The van der Waals surface area contributed by atoms with Gasteiger partial charge in [0.05, 0.1) is 25.1 Å². The van der Waals surface area contributed by atoms with Crippen LogP contribution in [0.1, 0.15) is 12.8 Å². The first-order chi connectivity index (χ1) is 7.53. The third kappa shape index (κ3) is 3.05. The minimum absolute atomic E-state index is 0. The number of amides is 1. The molecule has 0 saturated carbocycles. The Labute approximate surface area is 105 Å². The highest BCUT2D eigenvalue weighted by molar-refractivity contribution is 5.85. The molecule has 4 nitrogen and oxygen atoms in total. The van der Waals surface area contributed by atoms with E-state index in [1.807, 2.05) is 0 Å². The molecule has 7 heteroatoms. The second-order valence-corrected chi connectivity index (χ2v) is 4.55.